The molecule has 0 bridgehead atoms. The number of hydrogen-bond donors (Lipinski definition) is 2. The van der Waals surface area contributed by atoms with E-state index in [0.29, 0.717) is 17.4 Å². The van der Waals surface area contributed by atoms with Gasteiger partial charge in [0.25, 0.3) is 0 Å². The first-order valence-electron chi connectivity index (χ1n) is 4.61. The third-order valence-electron chi connectivity index (χ3n) is 1.91. The summed E-state index contributed by atoms with van der Waals surface area (Å²) in [6.07, 6.45) is 0. The van der Waals surface area contributed by atoms with E-state index in [9.17, 15) is 0 Å². The van der Waals surface area contributed by atoms with Crippen LogP contribution in [0.25, 0.3) is 0 Å². The molecule has 1 heterocycles. The van der Waals surface area contributed by atoms with Crippen molar-refractivity contribution in [2.24, 2.45) is 5.92 Å². The molecule has 0 aliphatic rings. The van der Waals surface area contributed by atoms with Crippen LogP contribution in [0.4, 0.5) is 5.82 Å². The van der Waals surface area contributed by atoms with Gasteiger partial charge < -0.3 is 10.4 Å². The average molecular weight is 215 g/mol. The molecule has 2 N–H and O–H groups in total. The molecule has 3 nitrogen and oxygen atoms in total. The number of anilines is 1. The Kier molecular flexibility index (Phi) is 4.17. The topological polar surface area (TPSA) is 45.1 Å². The molecular formula is C10H15ClN2O. The lowest BCUT2D eigenvalue weighted by molar-refractivity contribution is 0.244. The number of rotatable bonds is 4. The van der Waals surface area contributed by atoms with Crippen molar-refractivity contribution in [3.05, 3.63) is 22.8 Å². The molecule has 1 unspecified atom stereocenters. The summed E-state index contributed by atoms with van der Waals surface area (Å²) in [6.45, 7) is 4.71. The van der Waals surface area contributed by atoms with Gasteiger partial charge in [0.05, 0.1) is 5.02 Å². The molecule has 0 aliphatic heterocycles. The van der Waals surface area contributed by atoms with Crippen LogP contribution in [0.1, 0.15) is 12.6 Å². The van der Waals surface area contributed by atoms with Crippen LogP contribution in [-0.2, 0) is 0 Å². The maximum atomic E-state index is 8.84. The minimum atomic E-state index is 0.163. The highest BCUT2D eigenvalue weighted by Crippen LogP contribution is 2.19. The van der Waals surface area contributed by atoms with Gasteiger partial charge in [-0.3, -0.25) is 0 Å². The van der Waals surface area contributed by atoms with Crippen LogP contribution in [0.5, 0.6) is 0 Å². The summed E-state index contributed by atoms with van der Waals surface area (Å²) in [7, 11) is 0. The van der Waals surface area contributed by atoms with E-state index < -0.39 is 0 Å². The molecule has 0 radical (unpaired) electrons. The molecule has 0 aliphatic carbocycles. The summed E-state index contributed by atoms with van der Waals surface area (Å²) in [5, 5.41) is 12.6. The Hall–Kier alpha value is -0.800. The molecule has 0 amide bonds. The van der Waals surface area contributed by atoms with E-state index in [4.69, 9.17) is 16.7 Å². The number of aliphatic hydroxyl groups excluding tert-OH is 1. The largest absolute Gasteiger partial charge is 0.396 e. The molecule has 1 rings (SSSR count). The first-order valence-corrected chi connectivity index (χ1v) is 4.99. The normalized spacial score (nSPS) is 12.6. The summed E-state index contributed by atoms with van der Waals surface area (Å²) >= 11 is 5.94. The Morgan fingerprint density at radius 3 is 2.93 bits per heavy atom. The second-order valence-electron chi connectivity index (χ2n) is 3.45. The smallest absolute Gasteiger partial charge is 0.145 e. The number of pyridine rings is 1. The van der Waals surface area contributed by atoms with Crippen LogP contribution >= 0.6 is 11.6 Å². The minimum absolute atomic E-state index is 0.163. The lowest BCUT2D eigenvalue weighted by Crippen LogP contribution is -2.15. The maximum absolute atomic E-state index is 8.84. The highest BCUT2D eigenvalue weighted by molar-refractivity contribution is 6.32. The molecule has 4 heteroatoms. The highest BCUT2D eigenvalue weighted by Gasteiger charge is 2.04. The Labute approximate surface area is 89.1 Å². The Balaban J connectivity index is 2.62. The molecular weight excluding hydrogens is 200 g/mol. The molecule has 0 fully saturated rings. The summed E-state index contributed by atoms with van der Waals surface area (Å²) in [5.41, 5.74) is 0.925. The number of nitrogens with one attached hydrogen (secondary N) is 1. The third kappa shape index (κ3) is 3.16. The van der Waals surface area contributed by atoms with Gasteiger partial charge in [-0.05, 0) is 25.0 Å². The number of aliphatic hydroxyl groups is 1. The van der Waals surface area contributed by atoms with Gasteiger partial charge in [-0.2, -0.15) is 0 Å². The average Bonchev–Trinajstić information content (AvgIpc) is 2.19. The second kappa shape index (κ2) is 5.17. The van der Waals surface area contributed by atoms with E-state index in [0.717, 1.165) is 5.69 Å². The van der Waals surface area contributed by atoms with E-state index in [-0.39, 0.29) is 12.5 Å². The van der Waals surface area contributed by atoms with E-state index in [2.05, 4.69) is 10.3 Å². The SMILES string of the molecule is Cc1ccc(Cl)c(NCC(C)CO)n1. The minimum Gasteiger partial charge on any atom is -0.396 e. The molecule has 1 aromatic heterocycles. The zero-order chi connectivity index (χ0) is 10.6. The van der Waals surface area contributed by atoms with Crippen LogP contribution < -0.4 is 5.32 Å². The van der Waals surface area contributed by atoms with Gasteiger partial charge >= 0.3 is 0 Å². The Morgan fingerprint density at radius 2 is 2.29 bits per heavy atom. The zero-order valence-corrected chi connectivity index (χ0v) is 9.17. The fourth-order valence-electron chi connectivity index (χ4n) is 0.999. The van der Waals surface area contributed by atoms with Crippen molar-refractivity contribution >= 4 is 17.4 Å². The summed E-state index contributed by atoms with van der Waals surface area (Å²) in [5.74, 6) is 0.889. The quantitative estimate of drug-likeness (QED) is 0.807. The van der Waals surface area contributed by atoms with Gasteiger partial charge in [0, 0.05) is 18.8 Å². The van der Waals surface area contributed by atoms with Gasteiger partial charge in [-0.25, -0.2) is 4.98 Å². The van der Waals surface area contributed by atoms with Crippen LogP contribution in [0, 0.1) is 12.8 Å². The fraction of sp³-hybridized carbons (Fsp3) is 0.500. The van der Waals surface area contributed by atoms with Crippen LogP contribution in [-0.4, -0.2) is 23.2 Å². The van der Waals surface area contributed by atoms with Gasteiger partial charge in [0.15, 0.2) is 0 Å². The maximum Gasteiger partial charge on any atom is 0.145 e. The molecule has 1 aromatic rings. The first kappa shape index (κ1) is 11.3. The predicted molar refractivity (Wildman–Crippen MR) is 58.7 cm³/mol. The standard InChI is InChI=1S/C10H15ClN2O/c1-7(6-14)5-12-10-9(11)4-3-8(2)13-10/h3-4,7,14H,5-6H2,1-2H3,(H,12,13). The molecule has 78 valence electrons. The lowest BCUT2D eigenvalue weighted by Gasteiger charge is -2.11. The van der Waals surface area contributed by atoms with E-state index >= 15 is 0 Å². The Morgan fingerprint density at radius 1 is 1.57 bits per heavy atom. The monoisotopic (exact) mass is 214 g/mol. The van der Waals surface area contributed by atoms with Crippen molar-refractivity contribution in [1.29, 1.82) is 0 Å². The van der Waals surface area contributed by atoms with E-state index in [1.165, 1.54) is 0 Å². The zero-order valence-electron chi connectivity index (χ0n) is 8.42. The lowest BCUT2D eigenvalue weighted by atomic mass is 10.2. The van der Waals surface area contributed by atoms with Crippen molar-refractivity contribution in [1.82, 2.24) is 4.98 Å². The number of aryl methyl sites for hydroxylation is 1. The number of nitrogens with zero attached hydrogens (tertiary/aromatic N) is 1. The molecule has 14 heavy (non-hydrogen) atoms. The van der Waals surface area contributed by atoms with Crippen molar-refractivity contribution < 1.29 is 5.11 Å². The van der Waals surface area contributed by atoms with Gasteiger partial charge in [0.2, 0.25) is 0 Å². The fourth-order valence-corrected chi connectivity index (χ4v) is 1.17. The summed E-state index contributed by atoms with van der Waals surface area (Å²) in [4.78, 5) is 4.25. The van der Waals surface area contributed by atoms with Crippen LogP contribution in [0.3, 0.4) is 0 Å². The molecule has 0 saturated carbocycles. The molecule has 1 atom stereocenters. The summed E-state index contributed by atoms with van der Waals surface area (Å²) < 4.78 is 0. The molecule has 0 spiro atoms. The van der Waals surface area contributed by atoms with Crippen LogP contribution in [0.2, 0.25) is 5.02 Å². The van der Waals surface area contributed by atoms with E-state index in [1.807, 2.05) is 26.0 Å². The summed E-state index contributed by atoms with van der Waals surface area (Å²) in [6, 6.07) is 3.68. The number of aromatic nitrogens is 1. The first-order chi connectivity index (χ1) is 6.63. The van der Waals surface area contributed by atoms with Crippen molar-refractivity contribution in [2.75, 3.05) is 18.5 Å². The van der Waals surface area contributed by atoms with Gasteiger partial charge in [0.1, 0.15) is 5.82 Å². The molecule has 0 saturated heterocycles. The molecule has 0 aromatic carbocycles. The van der Waals surface area contributed by atoms with Crippen molar-refractivity contribution in [2.45, 2.75) is 13.8 Å². The number of hydrogen-bond acceptors (Lipinski definition) is 3. The van der Waals surface area contributed by atoms with Gasteiger partial charge in [-0.1, -0.05) is 18.5 Å². The second-order valence-corrected chi connectivity index (χ2v) is 3.86. The van der Waals surface area contributed by atoms with Gasteiger partial charge in [-0.15, -0.1) is 0 Å². The third-order valence-corrected chi connectivity index (χ3v) is 2.22. The van der Waals surface area contributed by atoms with E-state index in [1.54, 1.807) is 0 Å². The Bertz CT molecular complexity index is 304. The predicted octanol–water partition coefficient (Wildman–Crippen LogP) is 2.08. The highest BCUT2D eigenvalue weighted by atomic mass is 35.5. The van der Waals surface area contributed by atoms with Crippen molar-refractivity contribution in [3.63, 3.8) is 0 Å². The van der Waals surface area contributed by atoms with Crippen LogP contribution in [0.15, 0.2) is 12.1 Å². The van der Waals surface area contributed by atoms with Crippen molar-refractivity contribution in [3.8, 4) is 0 Å². The number of halogens is 1.